The minimum atomic E-state index is -1.57. The highest BCUT2D eigenvalue weighted by Crippen LogP contribution is 2.27. The van der Waals surface area contributed by atoms with Crippen LogP contribution in [0.4, 0.5) is 4.79 Å². The number of carbonyl (C=O) groups excluding carboxylic acids is 2. The Balaban J connectivity index is 2.24. The van der Waals surface area contributed by atoms with Crippen LogP contribution < -0.4 is 0 Å². The number of imide groups is 1. The lowest BCUT2D eigenvalue weighted by Gasteiger charge is -2.27. The molecule has 4 atom stereocenters. The van der Waals surface area contributed by atoms with Gasteiger partial charge in [0.05, 0.1) is 12.1 Å². The molecule has 0 aromatic heterocycles. The van der Waals surface area contributed by atoms with Crippen LogP contribution in [0.15, 0.2) is 0 Å². The van der Waals surface area contributed by atoms with Gasteiger partial charge in [-0.15, -0.1) is 0 Å². The van der Waals surface area contributed by atoms with E-state index in [1.807, 2.05) is 0 Å². The second kappa shape index (κ2) is 15.7. The van der Waals surface area contributed by atoms with Crippen LogP contribution in [-0.2, 0) is 19.0 Å². The summed E-state index contributed by atoms with van der Waals surface area (Å²) in [6, 6.07) is -0.739. The van der Waals surface area contributed by atoms with Crippen LogP contribution >= 0.6 is 0 Å². The molecule has 1 aliphatic rings. The van der Waals surface area contributed by atoms with Crippen molar-refractivity contribution in [3.8, 4) is 0 Å². The third-order valence-corrected chi connectivity index (χ3v) is 6.06. The average molecular weight is 488 g/mol. The van der Waals surface area contributed by atoms with Crippen LogP contribution in [-0.4, -0.2) is 71.0 Å². The number of ether oxygens (including phenoxy) is 3. The first-order chi connectivity index (χ1) is 16.0. The van der Waals surface area contributed by atoms with Crippen molar-refractivity contribution in [1.29, 1.82) is 0 Å². The monoisotopic (exact) mass is 487 g/mol. The van der Waals surface area contributed by atoms with E-state index < -0.39 is 35.9 Å². The fraction of sp³-hybridized carbons (Fsp3) is 0.923. The SMILES string of the molecule is COCO[C@@H](CCCCCCCCCC[C@H]1[C@@H](O)[C@H](O)C(=O)N1C(=O)OC(C)(C)C)CC(C)C. The van der Waals surface area contributed by atoms with E-state index in [-0.39, 0.29) is 6.10 Å². The Kier molecular flexibility index (Phi) is 14.2. The summed E-state index contributed by atoms with van der Waals surface area (Å²) in [5.74, 6) is -0.167. The Morgan fingerprint density at radius 2 is 1.56 bits per heavy atom. The van der Waals surface area contributed by atoms with E-state index in [0.29, 0.717) is 19.1 Å². The molecule has 8 heteroatoms. The number of carbonyl (C=O) groups is 2. The zero-order valence-electron chi connectivity index (χ0n) is 22.3. The molecule has 0 radical (unpaired) electrons. The third kappa shape index (κ3) is 11.5. The number of rotatable bonds is 16. The fourth-order valence-corrected chi connectivity index (χ4v) is 4.40. The first-order valence-electron chi connectivity index (χ1n) is 13.0. The molecule has 0 aliphatic carbocycles. The van der Waals surface area contributed by atoms with E-state index in [2.05, 4.69) is 13.8 Å². The molecule has 2 amide bonds. The number of likely N-dealkylation sites (tertiary alicyclic amines) is 1. The van der Waals surface area contributed by atoms with Crippen LogP contribution in [0.25, 0.3) is 0 Å². The van der Waals surface area contributed by atoms with Crippen LogP contribution in [0.5, 0.6) is 0 Å². The largest absolute Gasteiger partial charge is 0.443 e. The molecule has 1 heterocycles. The van der Waals surface area contributed by atoms with Crippen molar-refractivity contribution < 1.29 is 34.0 Å². The van der Waals surface area contributed by atoms with Crippen LogP contribution in [0.1, 0.15) is 105 Å². The Labute approximate surface area is 206 Å². The molecule has 2 N–H and O–H groups in total. The third-order valence-electron chi connectivity index (χ3n) is 6.06. The van der Waals surface area contributed by atoms with Crippen molar-refractivity contribution in [2.24, 2.45) is 5.92 Å². The zero-order chi connectivity index (χ0) is 25.7. The summed E-state index contributed by atoms with van der Waals surface area (Å²) in [7, 11) is 1.66. The van der Waals surface area contributed by atoms with E-state index in [1.165, 1.54) is 19.3 Å². The average Bonchev–Trinajstić information content (AvgIpc) is 2.95. The Hall–Kier alpha value is -1.22. The molecule has 8 nitrogen and oxygen atoms in total. The lowest BCUT2D eigenvalue weighted by molar-refractivity contribution is -0.135. The summed E-state index contributed by atoms with van der Waals surface area (Å²) < 4.78 is 16.1. The number of methoxy groups -OCH3 is 1. The van der Waals surface area contributed by atoms with Gasteiger partial charge in [0, 0.05) is 7.11 Å². The minimum absolute atomic E-state index is 0.275. The second-order valence-electron chi connectivity index (χ2n) is 10.9. The molecule has 0 spiro atoms. The lowest BCUT2D eigenvalue weighted by Crippen LogP contribution is -2.44. The number of nitrogens with zero attached hydrogens (tertiary/aromatic N) is 1. The molecule has 34 heavy (non-hydrogen) atoms. The van der Waals surface area contributed by atoms with Gasteiger partial charge in [0.15, 0.2) is 6.10 Å². The van der Waals surface area contributed by atoms with E-state index in [1.54, 1.807) is 27.9 Å². The van der Waals surface area contributed by atoms with E-state index in [9.17, 15) is 19.8 Å². The highest BCUT2D eigenvalue weighted by Gasteiger charge is 2.50. The molecule has 1 aliphatic heterocycles. The molecule has 0 bridgehead atoms. The molecule has 0 saturated carbocycles. The number of amides is 2. The Morgan fingerprint density at radius 3 is 2.09 bits per heavy atom. The summed E-state index contributed by atoms with van der Waals surface area (Å²) in [4.78, 5) is 25.6. The maximum absolute atomic E-state index is 12.4. The summed E-state index contributed by atoms with van der Waals surface area (Å²) in [6.07, 6.45) is 7.90. The molecule has 1 rings (SSSR count). The topological polar surface area (TPSA) is 106 Å². The van der Waals surface area contributed by atoms with Crippen molar-refractivity contribution in [2.75, 3.05) is 13.9 Å². The van der Waals surface area contributed by atoms with E-state index in [0.717, 1.165) is 49.8 Å². The second-order valence-corrected chi connectivity index (χ2v) is 10.9. The standard InChI is InChI=1S/C26H49NO7/c1-19(2)17-20(33-18-32-6)15-13-11-9-7-8-10-12-14-16-21-22(28)23(29)24(30)27(21)25(31)34-26(3,4)5/h19-23,28-29H,7-18H2,1-6H3/t20-,21-,22+,23-/m0/s1. The minimum Gasteiger partial charge on any atom is -0.443 e. The van der Waals surface area contributed by atoms with Gasteiger partial charge in [0.25, 0.3) is 5.91 Å². The molecular weight excluding hydrogens is 438 g/mol. The van der Waals surface area contributed by atoms with Gasteiger partial charge in [0.2, 0.25) is 0 Å². The fourth-order valence-electron chi connectivity index (χ4n) is 4.40. The molecule has 0 aromatic rings. The number of hydrogen-bond donors (Lipinski definition) is 2. The van der Waals surface area contributed by atoms with Gasteiger partial charge >= 0.3 is 6.09 Å². The van der Waals surface area contributed by atoms with Gasteiger partial charge in [-0.25, -0.2) is 9.69 Å². The normalized spacial score (nSPS) is 22.0. The molecular formula is C26H49NO7. The summed E-state index contributed by atoms with van der Waals surface area (Å²) in [6.45, 7) is 9.93. The van der Waals surface area contributed by atoms with Crippen LogP contribution in [0.2, 0.25) is 0 Å². The van der Waals surface area contributed by atoms with Gasteiger partial charge in [-0.3, -0.25) is 4.79 Å². The van der Waals surface area contributed by atoms with Gasteiger partial charge in [0.1, 0.15) is 18.5 Å². The van der Waals surface area contributed by atoms with E-state index >= 15 is 0 Å². The number of hydrogen-bond acceptors (Lipinski definition) is 7. The number of aliphatic hydroxyl groups excluding tert-OH is 2. The van der Waals surface area contributed by atoms with Crippen LogP contribution in [0.3, 0.4) is 0 Å². The first kappa shape index (κ1) is 30.8. The van der Waals surface area contributed by atoms with Gasteiger partial charge in [-0.2, -0.15) is 0 Å². The summed E-state index contributed by atoms with van der Waals surface area (Å²) >= 11 is 0. The molecule has 1 fully saturated rings. The Bertz CT molecular complexity index is 590. The summed E-state index contributed by atoms with van der Waals surface area (Å²) in [5, 5.41) is 20.2. The lowest BCUT2D eigenvalue weighted by atomic mass is 9.99. The molecule has 0 unspecified atom stereocenters. The first-order valence-corrected chi connectivity index (χ1v) is 13.0. The van der Waals surface area contributed by atoms with Gasteiger partial charge < -0.3 is 24.4 Å². The van der Waals surface area contributed by atoms with Crippen molar-refractivity contribution in [1.82, 2.24) is 4.90 Å². The molecule has 1 saturated heterocycles. The predicted molar refractivity (Wildman–Crippen MR) is 131 cm³/mol. The number of aliphatic hydroxyl groups is 2. The smallest absolute Gasteiger partial charge is 0.417 e. The van der Waals surface area contributed by atoms with Crippen molar-refractivity contribution in [3.05, 3.63) is 0 Å². The van der Waals surface area contributed by atoms with Gasteiger partial charge in [-0.1, -0.05) is 65.2 Å². The Morgan fingerprint density at radius 1 is 1.00 bits per heavy atom. The van der Waals surface area contributed by atoms with E-state index in [4.69, 9.17) is 14.2 Å². The van der Waals surface area contributed by atoms with Crippen molar-refractivity contribution >= 4 is 12.0 Å². The summed E-state index contributed by atoms with van der Waals surface area (Å²) in [5.41, 5.74) is -0.757. The predicted octanol–water partition coefficient (Wildman–Crippen LogP) is 4.79. The molecule has 0 aromatic carbocycles. The van der Waals surface area contributed by atoms with Crippen molar-refractivity contribution in [3.63, 3.8) is 0 Å². The number of unbranched alkanes of at least 4 members (excludes halogenated alkanes) is 7. The molecule has 200 valence electrons. The quantitative estimate of drug-likeness (QED) is 0.238. The van der Waals surface area contributed by atoms with Crippen LogP contribution in [0, 0.1) is 5.92 Å². The van der Waals surface area contributed by atoms with Crippen molar-refractivity contribution in [2.45, 2.75) is 135 Å². The maximum Gasteiger partial charge on any atom is 0.417 e. The highest BCUT2D eigenvalue weighted by atomic mass is 16.7. The highest BCUT2D eigenvalue weighted by molar-refractivity contribution is 5.97. The van der Waals surface area contributed by atoms with Gasteiger partial charge in [-0.05, 0) is 46.0 Å². The maximum atomic E-state index is 12.4. The zero-order valence-corrected chi connectivity index (χ0v) is 22.3.